The van der Waals surface area contributed by atoms with Crippen molar-refractivity contribution in [2.24, 2.45) is 0 Å². The fourth-order valence-electron chi connectivity index (χ4n) is 2.45. The molecule has 3 rings (SSSR count). The third-order valence-electron chi connectivity index (χ3n) is 3.43. The van der Waals surface area contributed by atoms with Crippen LogP contribution in [0.4, 0.5) is 0 Å². The van der Waals surface area contributed by atoms with Gasteiger partial charge in [0.15, 0.2) is 0 Å². The fraction of sp³-hybridized carbons (Fsp3) is 0.188. The van der Waals surface area contributed by atoms with Gasteiger partial charge in [-0.2, -0.15) is 0 Å². The van der Waals surface area contributed by atoms with Crippen molar-refractivity contribution in [3.8, 4) is 0 Å². The van der Waals surface area contributed by atoms with E-state index in [2.05, 4.69) is 4.98 Å². The zero-order valence-electron chi connectivity index (χ0n) is 11.5. The average molecular weight is 268 g/mol. The summed E-state index contributed by atoms with van der Waals surface area (Å²) in [5.41, 5.74) is 2.61. The maximum absolute atomic E-state index is 12.6. The first-order valence-electron chi connectivity index (χ1n) is 6.52. The molecule has 0 aliphatic heterocycles. The molecule has 1 N–H and O–H groups in total. The first kappa shape index (κ1) is 12.5. The third kappa shape index (κ3) is 2.09. The Balaban J connectivity index is 1.94. The number of benzene rings is 1. The van der Waals surface area contributed by atoms with Gasteiger partial charge in [0.1, 0.15) is 5.76 Å². The Kier molecular flexibility index (Phi) is 3.06. The van der Waals surface area contributed by atoms with E-state index in [0.717, 1.165) is 27.9 Å². The topological polar surface area (TPSA) is 49.2 Å². The van der Waals surface area contributed by atoms with Crippen molar-refractivity contribution in [3.63, 3.8) is 0 Å². The monoisotopic (exact) mass is 268 g/mol. The Hall–Kier alpha value is -2.49. The Bertz CT molecular complexity index is 741. The average Bonchev–Trinajstić information content (AvgIpc) is 3.04. The number of fused-ring (bicyclic) bond motifs is 1. The van der Waals surface area contributed by atoms with Crippen LogP contribution in [0, 0.1) is 6.92 Å². The number of para-hydroxylation sites is 1. The van der Waals surface area contributed by atoms with E-state index in [1.54, 1.807) is 18.2 Å². The molecule has 1 aromatic carbocycles. The van der Waals surface area contributed by atoms with Gasteiger partial charge in [-0.3, -0.25) is 4.79 Å². The largest absolute Gasteiger partial charge is 0.467 e. The molecular formula is C16H16N2O2. The van der Waals surface area contributed by atoms with Gasteiger partial charge < -0.3 is 14.3 Å². The number of aryl methyl sites for hydroxylation is 1. The highest BCUT2D eigenvalue weighted by molar-refractivity contribution is 6.07. The molecule has 0 unspecified atom stereocenters. The number of hydrogen-bond acceptors (Lipinski definition) is 2. The number of H-pyrrole nitrogens is 1. The van der Waals surface area contributed by atoms with Crippen molar-refractivity contribution in [1.82, 2.24) is 9.88 Å². The highest BCUT2D eigenvalue weighted by Crippen LogP contribution is 2.23. The maximum atomic E-state index is 12.6. The van der Waals surface area contributed by atoms with Crippen LogP contribution in [0.15, 0.2) is 47.1 Å². The van der Waals surface area contributed by atoms with Crippen LogP contribution in [0.2, 0.25) is 0 Å². The molecule has 0 atom stereocenters. The van der Waals surface area contributed by atoms with E-state index in [-0.39, 0.29) is 5.91 Å². The van der Waals surface area contributed by atoms with E-state index in [9.17, 15) is 4.79 Å². The number of aromatic amines is 1. The van der Waals surface area contributed by atoms with Crippen molar-refractivity contribution in [2.45, 2.75) is 13.5 Å². The normalized spacial score (nSPS) is 10.9. The molecule has 0 saturated heterocycles. The van der Waals surface area contributed by atoms with Crippen LogP contribution in [-0.2, 0) is 6.54 Å². The van der Waals surface area contributed by atoms with Gasteiger partial charge in [0.05, 0.1) is 18.4 Å². The molecular weight excluding hydrogens is 252 g/mol. The third-order valence-corrected chi connectivity index (χ3v) is 3.43. The van der Waals surface area contributed by atoms with Crippen molar-refractivity contribution in [3.05, 3.63) is 59.7 Å². The number of aromatic nitrogens is 1. The molecule has 20 heavy (non-hydrogen) atoms. The summed E-state index contributed by atoms with van der Waals surface area (Å²) in [5, 5.41) is 0.960. The molecule has 2 aromatic heterocycles. The number of nitrogens with zero attached hydrogens (tertiary/aromatic N) is 1. The predicted molar refractivity (Wildman–Crippen MR) is 77.5 cm³/mol. The summed E-state index contributed by atoms with van der Waals surface area (Å²) in [7, 11) is 1.78. The second kappa shape index (κ2) is 4.89. The van der Waals surface area contributed by atoms with Crippen molar-refractivity contribution >= 4 is 16.8 Å². The molecule has 0 aliphatic rings. The van der Waals surface area contributed by atoms with E-state index in [4.69, 9.17) is 4.42 Å². The predicted octanol–water partition coefficient (Wildman–Crippen LogP) is 3.34. The smallest absolute Gasteiger partial charge is 0.256 e. The van der Waals surface area contributed by atoms with E-state index in [0.29, 0.717) is 6.54 Å². The first-order valence-corrected chi connectivity index (χ1v) is 6.52. The van der Waals surface area contributed by atoms with Crippen LogP contribution < -0.4 is 0 Å². The van der Waals surface area contributed by atoms with Crippen LogP contribution >= 0.6 is 0 Å². The number of nitrogens with one attached hydrogen (secondary N) is 1. The summed E-state index contributed by atoms with van der Waals surface area (Å²) in [5.74, 6) is 0.773. The van der Waals surface area contributed by atoms with Gasteiger partial charge in [0.25, 0.3) is 5.91 Å². The summed E-state index contributed by atoms with van der Waals surface area (Å²) in [6, 6.07) is 11.5. The van der Waals surface area contributed by atoms with E-state index in [1.165, 1.54) is 0 Å². The summed E-state index contributed by atoms with van der Waals surface area (Å²) in [6.45, 7) is 2.39. The van der Waals surface area contributed by atoms with Crippen LogP contribution in [0.3, 0.4) is 0 Å². The first-order chi connectivity index (χ1) is 9.66. The Morgan fingerprint density at radius 2 is 2.05 bits per heavy atom. The quantitative estimate of drug-likeness (QED) is 0.792. The number of carbonyl (C=O) groups excluding carboxylic acids is 1. The summed E-state index contributed by atoms with van der Waals surface area (Å²) in [4.78, 5) is 17.5. The molecule has 0 fully saturated rings. The lowest BCUT2D eigenvalue weighted by Crippen LogP contribution is -2.26. The van der Waals surface area contributed by atoms with Gasteiger partial charge in [-0.05, 0) is 25.1 Å². The molecule has 0 spiro atoms. The Morgan fingerprint density at radius 3 is 2.80 bits per heavy atom. The Morgan fingerprint density at radius 1 is 1.25 bits per heavy atom. The van der Waals surface area contributed by atoms with Crippen LogP contribution in [0.1, 0.15) is 21.8 Å². The second-order valence-electron chi connectivity index (χ2n) is 4.91. The number of carbonyl (C=O) groups is 1. The molecule has 4 heteroatoms. The van der Waals surface area contributed by atoms with Crippen LogP contribution in [0.5, 0.6) is 0 Å². The summed E-state index contributed by atoms with van der Waals surface area (Å²) < 4.78 is 5.29. The molecule has 1 amide bonds. The number of hydrogen-bond donors (Lipinski definition) is 1. The Labute approximate surface area is 117 Å². The number of amides is 1. The minimum atomic E-state index is -0.00338. The van der Waals surface area contributed by atoms with E-state index in [1.807, 2.05) is 43.3 Å². The number of furan rings is 1. The van der Waals surface area contributed by atoms with Crippen LogP contribution in [0.25, 0.3) is 10.9 Å². The SMILES string of the molecule is Cc1[nH]c2ccccc2c1C(=O)N(C)Cc1ccco1. The maximum Gasteiger partial charge on any atom is 0.256 e. The van der Waals surface area contributed by atoms with E-state index >= 15 is 0 Å². The molecule has 0 bridgehead atoms. The molecule has 0 radical (unpaired) electrons. The molecule has 102 valence electrons. The van der Waals surface area contributed by atoms with Gasteiger partial charge in [-0.25, -0.2) is 0 Å². The van der Waals surface area contributed by atoms with Gasteiger partial charge in [0, 0.05) is 23.6 Å². The second-order valence-corrected chi connectivity index (χ2v) is 4.91. The highest BCUT2D eigenvalue weighted by atomic mass is 16.3. The minimum absolute atomic E-state index is 0.00338. The lowest BCUT2D eigenvalue weighted by atomic mass is 10.1. The van der Waals surface area contributed by atoms with Crippen molar-refractivity contribution in [1.29, 1.82) is 0 Å². The molecule has 0 saturated carbocycles. The number of rotatable bonds is 3. The van der Waals surface area contributed by atoms with Gasteiger partial charge in [-0.15, -0.1) is 0 Å². The standard InChI is InChI=1S/C16H16N2O2/c1-11-15(13-7-3-4-8-14(13)17-11)16(19)18(2)10-12-6-5-9-20-12/h3-9,17H,10H2,1-2H3. The van der Waals surface area contributed by atoms with Gasteiger partial charge in [0.2, 0.25) is 0 Å². The zero-order valence-corrected chi connectivity index (χ0v) is 11.5. The summed E-state index contributed by atoms with van der Waals surface area (Å²) in [6.07, 6.45) is 1.62. The summed E-state index contributed by atoms with van der Waals surface area (Å²) >= 11 is 0. The molecule has 0 aliphatic carbocycles. The molecule has 2 heterocycles. The van der Waals surface area contributed by atoms with Crippen LogP contribution in [-0.4, -0.2) is 22.8 Å². The van der Waals surface area contributed by atoms with Crippen molar-refractivity contribution in [2.75, 3.05) is 7.05 Å². The fourth-order valence-corrected chi connectivity index (χ4v) is 2.45. The van der Waals surface area contributed by atoms with Gasteiger partial charge >= 0.3 is 0 Å². The van der Waals surface area contributed by atoms with Gasteiger partial charge in [-0.1, -0.05) is 18.2 Å². The van der Waals surface area contributed by atoms with E-state index < -0.39 is 0 Å². The zero-order chi connectivity index (χ0) is 14.1. The lowest BCUT2D eigenvalue weighted by molar-refractivity contribution is 0.0776. The highest BCUT2D eigenvalue weighted by Gasteiger charge is 2.19. The molecule has 4 nitrogen and oxygen atoms in total. The minimum Gasteiger partial charge on any atom is -0.467 e. The molecule has 3 aromatic rings. The lowest BCUT2D eigenvalue weighted by Gasteiger charge is -2.16. The van der Waals surface area contributed by atoms with Crippen molar-refractivity contribution < 1.29 is 9.21 Å².